The largest absolute Gasteiger partial charge is 0.368 e. The summed E-state index contributed by atoms with van der Waals surface area (Å²) in [4.78, 5) is 30.1. The van der Waals surface area contributed by atoms with Gasteiger partial charge in [-0.25, -0.2) is 0 Å². The van der Waals surface area contributed by atoms with E-state index in [2.05, 4.69) is 21.5 Å². The van der Waals surface area contributed by atoms with E-state index in [1.54, 1.807) is 24.3 Å². The van der Waals surface area contributed by atoms with Crippen LogP contribution in [-0.4, -0.2) is 47.3 Å². The van der Waals surface area contributed by atoms with Crippen LogP contribution in [0.5, 0.6) is 0 Å². The van der Waals surface area contributed by atoms with Crippen LogP contribution in [0.3, 0.4) is 0 Å². The first-order chi connectivity index (χ1) is 16.5. The van der Waals surface area contributed by atoms with Gasteiger partial charge in [-0.15, -0.1) is 0 Å². The minimum atomic E-state index is -0.285. The first-order valence-corrected chi connectivity index (χ1v) is 12.2. The number of nitrogens with one attached hydrogen (secondary N) is 1. The highest BCUT2D eigenvalue weighted by molar-refractivity contribution is 7.13. The topological polar surface area (TPSA) is 65.5 Å². The summed E-state index contributed by atoms with van der Waals surface area (Å²) < 4.78 is 5.27. The third-order valence-electron chi connectivity index (χ3n) is 6.04. The second-order valence-corrected chi connectivity index (χ2v) is 9.51. The Morgan fingerprint density at radius 3 is 2.59 bits per heavy atom. The van der Waals surface area contributed by atoms with Crippen molar-refractivity contribution in [3.05, 3.63) is 88.6 Å². The molecule has 0 atom stereocenters. The number of piperazine rings is 1. The standard InChI is InChI=1S/C26H23ClN4O2S/c1-17-9-10-19(27)16-22(17)30-11-13-31(14-12-30)26(33)18-5-4-6-20(15-18)28-25(32)24-21-7-2-3-8-23(21)34-29-24/h2-10,15-16H,11-14H2,1H3,(H,28,32). The maximum atomic E-state index is 13.2. The van der Waals surface area contributed by atoms with Crippen molar-refractivity contribution in [3.63, 3.8) is 0 Å². The molecule has 6 nitrogen and oxygen atoms in total. The lowest BCUT2D eigenvalue weighted by atomic mass is 10.1. The fourth-order valence-corrected chi connectivity index (χ4v) is 5.17. The van der Waals surface area contributed by atoms with Crippen molar-refractivity contribution in [2.45, 2.75) is 6.92 Å². The van der Waals surface area contributed by atoms with Crippen LogP contribution in [-0.2, 0) is 0 Å². The number of carbonyl (C=O) groups excluding carboxylic acids is 2. The Morgan fingerprint density at radius 2 is 1.76 bits per heavy atom. The average Bonchev–Trinajstić information content (AvgIpc) is 3.30. The summed E-state index contributed by atoms with van der Waals surface area (Å²) >= 11 is 7.48. The number of aryl methyl sites for hydroxylation is 1. The van der Waals surface area contributed by atoms with Crippen LogP contribution in [0.1, 0.15) is 26.4 Å². The number of aromatic nitrogens is 1. The van der Waals surface area contributed by atoms with E-state index in [9.17, 15) is 9.59 Å². The molecule has 1 fully saturated rings. The number of rotatable bonds is 4. The van der Waals surface area contributed by atoms with E-state index < -0.39 is 0 Å². The van der Waals surface area contributed by atoms with Crippen LogP contribution in [0, 0.1) is 6.92 Å². The van der Waals surface area contributed by atoms with Crippen molar-refractivity contribution in [2.75, 3.05) is 36.4 Å². The van der Waals surface area contributed by atoms with Gasteiger partial charge in [0, 0.05) is 53.5 Å². The molecular formula is C26H23ClN4O2S. The van der Waals surface area contributed by atoms with E-state index >= 15 is 0 Å². The van der Waals surface area contributed by atoms with E-state index in [-0.39, 0.29) is 11.8 Å². The van der Waals surface area contributed by atoms with Crippen molar-refractivity contribution in [3.8, 4) is 0 Å². The van der Waals surface area contributed by atoms with Gasteiger partial charge in [-0.1, -0.05) is 41.9 Å². The summed E-state index contributed by atoms with van der Waals surface area (Å²) in [5.74, 6) is -0.328. The van der Waals surface area contributed by atoms with Crippen LogP contribution in [0.15, 0.2) is 66.7 Å². The highest BCUT2D eigenvalue weighted by atomic mass is 35.5. The third-order valence-corrected chi connectivity index (χ3v) is 7.10. The molecule has 0 spiro atoms. The van der Waals surface area contributed by atoms with Gasteiger partial charge in [-0.3, -0.25) is 9.59 Å². The molecule has 0 unspecified atom stereocenters. The molecule has 0 bridgehead atoms. The van der Waals surface area contributed by atoms with Crippen LogP contribution in [0.4, 0.5) is 11.4 Å². The summed E-state index contributed by atoms with van der Waals surface area (Å²) in [7, 11) is 0. The molecule has 1 aromatic heterocycles. The summed E-state index contributed by atoms with van der Waals surface area (Å²) in [5.41, 5.74) is 3.79. The van der Waals surface area contributed by atoms with Crippen molar-refractivity contribution in [1.82, 2.24) is 9.27 Å². The van der Waals surface area contributed by atoms with Gasteiger partial charge in [-0.2, -0.15) is 4.37 Å². The first-order valence-electron chi connectivity index (χ1n) is 11.1. The predicted molar refractivity (Wildman–Crippen MR) is 138 cm³/mol. The lowest BCUT2D eigenvalue weighted by molar-refractivity contribution is 0.0746. The van der Waals surface area contributed by atoms with Crippen molar-refractivity contribution in [1.29, 1.82) is 0 Å². The van der Waals surface area contributed by atoms with Gasteiger partial charge in [0.2, 0.25) is 0 Å². The Morgan fingerprint density at radius 1 is 0.971 bits per heavy atom. The number of hydrogen-bond acceptors (Lipinski definition) is 5. The molecule has 0 saturated carbocycles. The van der Waals surface area contributed by atoms with Crippen LogP contribution >= 0.6 is 23.1 Å². The minimum absolute atomic E-state index is 0.0438. The maximum absolute atomic E-state index is 13.2. The molecule has 0 radical (unpaired) electrons. The van der Waals surface area contributed by atoms with E-state index in [0.29, 0.717) is 35.1 Å². The van der Waals surface area contributed by atoms with Gasteiger partial charge in [0.15, 0.2) is 0 Å². The SMILES string of the molecule is Cc1ccc(Cl)cc1N1CCN(C(=O)c2cccc(NC(=O)c3nsc4ccccc34)c2)CC1. The summed E-state index contributed by atoms with van der Waals surface area (Å²) in [6.45, 7) is 4.77. The van der Waals surface area contributed by atoms with Gasteiger partial charge in [0.1, 0.15) is 5.69 Å². The molecule has 172 valence electrons. The first kappa shape index (κ1) is 22.4. The molecule has 1 saturated heterocycles. The van der Waals surface area contributed by atoms with Crippen LogP contribution < -0.4 is 10.2 Å². The molecule has 2 heterocycles. The molecule has 34 heavy (non-hydrogen) atoms. The normalized spacial score (nSPS) is 13.8. The zero-order valence-corrected chi connectivity index (χ0v) is 20.2. The molecule has 2 amide bonds. The smallest absolute Gasteiger partial charge is 0.276 e. The molecular weight excluding hydrogens is 468 g/mol. The van der Waals surface area contributed by atoms with E-state index in [4.69, 9.17) is 11.6 Å². The monoisotopic (exact) mass is 490 g/mol. The number of nitrogens with zero attached hydrogens (tertiary/aromatic N) is 3. The highest BCUT2D eigenvalue weighted by Gasteiger charge is 2.24. The molecule has 3 aromatic carbocycles. The lowest BCUT2D eigenvalue weighted by Gasteiger charge is -2.37. The molecule has 8 heteroatoms. The number of hydrogen-bond donors (Lipinski definition) is 1. The molecule has 1 aliphatic rings. The Kier molecular flexibility index (Phi) is 6.22. The zero-order chi connectivity index (χ0) is 23.7. The Hall–Kier alpha value is -3.42. The van der Waals surface area contributed by atoms with Gasteiger partial charge in [0.25, 0.3) is 11.8 Å². The average molecular weight is 491 g/mol. The van der Waals surface area contributed by atoms with Gasteiger partial charge >= 0.3 is 0 Å². The van der Waals surface area contributed by atoms with Crippen LogP contribution in [0.25, 0.3) is 10.1 Å². The number of amides is 2. The van der Waals surface area contributed by atoms with Crippen molar-refractivity contribution in [2.24, 2.45) is 0 Å². The number of carbonyl (C=O) groups is 2. The molecule has 0 aliphatic carbocycles. The van der Waals surface area contributed by atoms with Crippen molar-refractivity contribution < 1.29 is 9.59 Å². The number of anilines is 2. The number of fused-ring (bicyclic) bond motifs is 1. The predicted octanol–water partition coefficient (Wildman–Crippen LogP) is 5.47. The minimum Gasteiger partial charge on any atom is -0.368 e. The maximum Gasteiger partial charge on any atom is 0.276 e. The highest BCUT2D eigenvalue weighted by Crippen LogP contribution is 2.26. The van der Waals surface area contributed by atoms with Gasteiger partial charge in [-0.05, 0) is 60.4 Å². The van der Waals surface area contributed by atoms with E-state index in [1.165, 1.54) is 17.1 Å². The quantitative estimate of drug-likeness (QED) is 0.412. The number of benzene rings is 3. The Balaban J connectivity index is 1.26. The fraction of sp³-hybridized carbons (Fsp3) is 0.192. The van der Waals surface area contributed by atoms with Crippen LogP contribution in [0.2, 0.25) is 5.02 Å². The van der Waals surface area contributed by atoms with E-state index in [1.807, 2.05) is 47.4 Å². The zero-order valence-electron chi connectivity index (χ0n) is 18.6. The second-order valence-electron chi connectivity index (χ2n) is 8.27. The molecule has 5 rings (SSSR count). The van der Waals surface area contributed by atoms with E-state index in [0.717, 1.165) is 28.9 Å². The molecule has 4 aromatic rings. The van der Waals surface area contributed by atoms with Gasteiger partial charge in [0.05, 0.1) is 4.70 Å². The molecule has 1 N–H and O–H groups in total. The summed E-state index contributed by atoms with van der Waals surface area (Å²) in [6, 6.07) is 20.6. The molecule has 1 aliphatic heterocycles. The summed E-state index contributed by atoms with van der Waals surface area (Å²) in [6.07, 6.45) is 0. The third kappa shape index (κ3) is 4.49. The Labute approximate surface area is 206 Å². The summed E-state index contributed by atoms with van der Waals surface area (Å²) in [5, 5.41) is 4.42. The van der Waals surface area contributed by atoms with Crippen molar-refractivity contribution >= 4 is 56.4 Å². The Bertz CT molecular complexity index is 1380. The second kappa shape index (κ2) is 9.44. The fourth-order valence-electron chi connectivity index (χ4n) is 4.23. The number of halogens is 1. The van der Waals surface area contributed by atoms with Gasteiger partial charge < -0.3 is 15.1 Å². The lowest BCUT2D eigenvalue weighted by Crippen LogP contribution is -2.49.